The third kappa shape index (κ3) is 56.8. The van der Waals surface area contributed by atoms with Crippen LogP contribution >= 0.6 is 7.82 Å². The summed E-state index contributed by atoms with van der Waals surface area (Å²) in [6, 6.07) is 0. The van der Waals surface area contributed by atoms with Crippen molar-refractivity contribution < 1.29 is 52.2 Å². The van der Waals surface area contributed by atoms with Gasteiger partial charge >= 0.3 is 25.7 Å². The number of unbranched alkanes of at least 4 members (excludes halogenated alkanes) is 21. The maximum atomic E-state index is 12.9. The molecule has 12 heteroatoms. The zero-order chi connectivity index (χ0) is 56.9. The van der Waals surface area contributed by atoms with Gasteiger partial charge in [-0.15, -0.1) is 0 Å². The molecular formula is C66H111O11P. The maximum Gasteiger partial charge on any atom is 0.472 e. The Kier molecular flexibility index (Phi) is 56.3. The summed E-state index contributed by atoms with van der Waals surface area (Å²) in [4.78, 5) is 48.6. The van der Waals surface area contributed by atoms with Gasteiger partial charge in [0.05, 0.1) is 19.8 Å². The molecule has 0 fully saturated rings. The van der Waals surface area contributed by atoms with E-state index in [-0.39, 0.29) is 25.9 Å². The van der Waals surface area contributed by atoms with Crippen molar-refractivity contribution >= 4 is 25.7 Å². The summed E-state index contributed by atoms with van der Waals surface area (Å²) in [6.07, 6.45) is 72.0. The van der Waals surface area contributed by atoms with Crippen LogP contribution in [-0.4, -0.2) is 66.5 Å². The van der Waals surface area contributed by atoms with Crippen molar-refractivity contribution in [2.75, 3.05) is 26.4 Å². The Morgan fingerprint density at radius 1 is 0.372 bits per heavy atom. The van der Waals surface area contributed by atoms with E-state index in [2.05, 4.69) is 118 Å². The Morgan fingerprint density at radius 3 is 1.10 bits per heavy atom. The fourth-order valence-electron chi connectivity index (χ4n) is 8.10. The molecule has 0 spiro atoms. The zero-order valence-corrected chi connectivity index (χ0v) is 50.2. The van der Waals surface area contributed by atoms with Crippen LogP contribution in [0, 0.1) is 0 Å². The number of hydrogen-bond donors (Lipinski definition) is 2. The molecule has 78 heavy (non-hydrogen) atoms. The van der Waals surface area contributed by atoms with Gasteiger partial charge in [-0.3, -0.25) is 23.4 Å². The Bertz CT molecular complexity index is 1720. The largest absolute Gasteiger partial charge is 0.472 e. The van der Waals surface area contributed by atoms with Crippen molar-refractivity contribution in [1.82, 2.24) is 0 Å². The van der Waals surface area contributed by atoms with Crippen LogP contribution in [0.25, 0.3) is 0 Å². The van der Waals surface area contributed by atoms with Crippen LogP contribution in [0.5, 0.6) is 0 Å². The second kappa shape index (κ2) is 59.3. The number of hydrogen-bond acceptors (Lipinski definition) is 10. The van der Waals surface area contributed by atoms with Crippen LogP contribution in [0.4, 0.5) is 0 Å². The van der Waals surface area contributed by atoms with Gasteiger partial charge in [0.25, 0.3) is 0 Å². The van der Waals surface area contributed by atoms with Gasteiger partial charge in [-0.1, -0.05) is 252 Å². The molecule has 11 nitrogen and oxygen atoms in total. The standard InChI is InChI=1S/C66H111O11P/c1-4-7-10-13-16-19-22-25-28-30-31-33-36-39-42-45-48-51-54-57-66(70)77-63(59-73-64(68)55-52-49-46-43-40-37-35-32-29-26-23-20-17-14-11-8-5-2)61-75-78(71,72)74-60-62(58-67)76-65(69)56-53-50-47-44-41-38-34-27-24-21-18-15-12-9-6-3/h7-8,10-11,16-17,19-20,25-26,28-29,31,33,39,42,48,51,62-63,67H,4-6,9,12-15,18,21-24,27,30,32,34-38,40-41,43-47,49-50,52-61H2,1-3H3,(H,71,72)/b10-7-,11-8-,19-16-,20-17-,28-25-,29-26-,33-31-,42-39-,51-48-. The Balaban J connectivity index is 4.83. The molecule has 0 radical (unpaired) electrons. The molecule has 0 saturated heterocycles. The summed E-state index contributed by atoms with van der Waals surface area (Å²) in [7, 11) is -4.78. The summed E-state index contributed by atoms with van der Waals surface area (Å²) in [5, 5.41) is 9.84. The first kappa shape index (κ1) is 74.1. The lowest BCUT2D eigenvalue weighted by atomic mass is 10.0. The van der Waals surface area contributed by atoms with E-state index in [0.717, 1.165) is 103 Å². The maximum absolute atomic E-state index is 12.9. The van der Waals surface area contributed by atoms with E-state index in [1.807, 2.05) is 12.2 Å². The zero-order valence-electron chi connectivity index (χ0n) is 49.3. The van der Waals surface area contributed by atoms with E-state index >= 15 is 0 Å². The number of carbonyl (C=O) groups is 3. The lowest BCUT2D eigenvalue weighted by Crippen LogP contribution is -2.30. The number of esters is 3. The van der Waals surface area contributed by atoms with Gasteiger partial charge < -0.3 is 24.2 Å². The van der Waals surface area contributed by atoms with Crippen molar-refractivity contribution in [3.63, 3.8) is 0 Å². The summed E-state index contributed by atoms with van der Waals surface area (Å²) >= 11 is 0. The summed E-state index contributed by atoms with van der Waals surface area (Å²) < 4.78 is 39.5. The van der Waals surface area contributed by atoms with Gasteiger partial charge in [0.1, 0.15) is 12.7 Å². The predicted octanol–water partition coefficient (Wildman–Crippen LogP) is 18.6. The van der Waals surface area contributed by atoms with Crippen LogP contribution in [-0.2, 0) is 42.2 Å². The van der Waals surface area contributed by atoms with Crippen molar-refractivity contribution in [1.29, 1.82) is 0 Å². The van der Waals surface area contributed by atoms with Crippen molar-refractivity contribution in [2.24, 2.45) is 0 Å². The fourth-order valence-corrected chi connectivity index (χ4v) is 8.89. The van der Waals surface area contributed by atoms with Crippen LogP contribution in [0.15, 0.2) is 109 Å². The molecule has 2 N–H and O–H groups in total. The summed E-state index contributed by atoms with van der Waals surface area (Å²) in [5.41, 5.74) is 0. The van der Waals surface area contributed by atoms with Crippen molar-refractivity contribution in [2.45, 2.75) is 264 Å². The molecule has 0 heterocycles. The second-order valence-corrected chi connectivity index (χ2v) is 21.6. The summed E-state index contributed by atoms with van der Waals surface area (Å²) in [6.45, 7) is 4.34. The molecular weight excluding hydrogens is 1000 g/mol. The summed E-state index contributed by atoms with van der Waals surface area (Å²) in [5.74, 6) is -1.58. The quantitative estimate of drug-likeness (QED) is 0.0197. The second-order valence-electron chi connectivity index (χ2n) is 20.1. The number of phosphoric ester groups is 1. The van der Waals surface area contributed by atoms with Crippen LogP contribution in [0.2, 0.25) is 0 Å². The molecule has 0 aliphatic carbocycles. The van der Waals surface area contributed by atoms with Crippen LogP contribution in [0.1, 0.15) is 252 Å². The molecule has 446 valence electrons. The number of carbonyl (C=O) groups excluding carboxylic acids is 3. The highest BCUT2D eigenvalue weighted by Crippen LogP contribution is 2.43. The van der Waals surface area contributed by atoms with Gasteiger partial charge in [0.15, 0.2) is 6.10 Å². The number of rotatable bonds is 56. The Morgan fingerprint density at radius 2 is 0.692 bits per heavy atom. The van der Waals surface area contributed by atoms with E-state index in [1.165, 1.54) is 83.5 Å². The topological polar surface area (TPSA) is 155 Å². The van der Waals surface area contributed by atoms with E-state index in [1.54, 1.807) is 0 Å². The number of allylic oxidation sites excluding steroid dienone is 18. The first-order valence-corrected chi connectivity index (χ1v) is 32.3. The number of ether oxygens (including phenoxy) is 3. The monoisotopic (exact) mass is 1110 g/mol. The van der Waals surface area contributed by atoms with Gasteiger partial charge in [-0.25, -0.2) is 4.57 Å². The molecule has 3 atom stereocenters. The SMILES string of the molecule is CC/C=C\C/C=C\C/C=C\C/C=C\C/C=C\C/C=C\CCC(=O)OC(COC(=O)CCCCCCCCC/C=C\C/C=C\C/C=C\CC)COP(=O)(O)OCC(CO)OC(=O)CCCCCCCCCCCCCCCCC. The normalized spacial score (nSPS) is 14.1. The van der Waals surface area contributed by atoms with Gasteiger partial charge in [0.2, 0.25) is 0 Å². The molecule has 0 amide bonds. The lowest BCUT2D eigenvalue weighted by molar-refractivity contribution is -0.161. The highest BCUT2D eigenvalue weighted by Gasteiger charge is 2.28. The molecule has 0 aromatic carbocycles. The van der Waals surface area contributed by atoms with Crippen molar-refractivity contribution in [3.05, 3.63) is 109 Å². The highest BCUT2D eigenvalue weighted by atomic mass is 31.2. The Labute approximate surface area is 475 Å². The molecule has 0 aromatic heterocycles. The minimum Gasteiger partial charge on any atom is -0.462 e. The average Bonchev–Trinajstić information content (AvgIpc) is 3.43. The lowest BCUT2D eigenvalue weighted by Gasteiger charge is -2.21. The molecule has 0 aliphatic rings. The van der Waals surface area contributed by atoms with E-state index < -0.39 is 57.8 Å². The minimum atomic E-state index is -4.78. The highest BCUT2D eigenvalue weighted by molar-refractivity contribution is 7.47. The molecule has 0 aliphatic heterocycles. The number of aliphatic hydroxyl groups is 1. The first-order valence-electron chi connectivity index (χ1n) is 30.8. The smallest absolute Gasteiger partial charge is 0.462 e. The molecule has 0 saturated carbocycles. The Hall–Kier alpha value is -3.86. The molecule has 0 rings (SSSR count). The third-order valence-corrected chi connectivity index (χ3v) is 13.7. The van der Waals surface area contributed by atoms with Gasteiger partial charge in [0, 0.05) is 19.3 Å². The molecule has 0 aromatic rings. The third-order valence-electron chi connectivity index (χ3n) is 12.7. The predicted molar refractivity (Wildman–Crippen MR) is 325 cm³/mol. The van der Waals surface area contributed by atoms with Gasteiger partial charge in [-0.05, 0) is 89.9 Å². The average molecular weight is 1110 g/mol. The molecule has 0 bridgehead atoms. The number of phosphoric acid groups is 1. The van der Waals surface area contributed by atoms with Crippen molar-refractivity contribution in [3.8, 4) is 0 Å². The van der Waals surface area contributed by atoms with Crippen LogP contribution < -0.4 is 0 Å². The van der Waals surface area contributed by atoms with Crippen LogP contribution in [0.3, 0.4) is 0 Å². The number of aliphatic hydroxyl groups excluding tert-OH is 1. The van der Waals surface area contributed by atoms with E-state index in [0.29, 0.717) is 25.7 Å². The first-order chi connectivity index (χ1) is 38.2. The van der Waals surface area contributed by atoms with E-state index in [9.17, 15) is 28.9 Å². The minimum absolute atomic E-state index is 0.0363. The van der Waals surface area contributed by atoms with E-state index in [4.69, 9.17) is 23.3 Å². The van der Waals surface area contributed by atoms with Gasteiger partial charge in [-0.2, -0.15) is 0 Å². The molecule has 3 unspecified atom stereocenters. The fraction of sp³-hybridized carbons (Fsp3) is 0.682.